The van der Waals surface area contributed by atoms with E-state index in [0.29, 0.717) is 17.1 Å². The first-order valence-corrected chi connectivity index (χ1v) is 5.87. The lowest BCUT2D eigenvalue weighted by molar-refractivity contribution is -0.136. The van der Waals surface area contributed by atoms with Gasteiger partial charge in [0.1, 0.15) is 6.54 Å². The fraction of sp³-hybridized carbons (Fsp3) is 0.333. The SMILES string of the molecule is CC[C@@H](N)C(=O)N(CC(=O)O)c1cccc(Cl)c1. The molecule has 1 atom stereocenters. The average Bonchev–Trinajstić information content (AvgIpc) is 2.34. The van der Waals surface area contributed by atoms with Crippen LogP contribution in [0.5, 0.6) is 0 Å². The molecule has 0 unspecified atom stereocenters. The summed E-state index contributed by atoms with van der Waals surface area (Å²) in [4.78, 5) is 24.0. The Morgan fingerprint density at radius 1 is 1.50 bits per heavy atom. The number of carbonyl (C=O) groups excluding carboxylic acids is 1. The highest BCUT2D eigenvalue weighted by Crippen LogP contribution is 2.20. The van der Waals surface area contributed by atoms with Crippen molar-refractivity contribution < 1.29 is 14.7 Å². The smallest absolute Gasteiger partial charge is 0.323 e. The number of carbonyl (C=O) groups is 2. The zero-order valence-electron chi connectivity index (χ0n) is 9.97. The molecule has 6 heteroatoms. The van der Waals surface area contributed by atoms with Crippen molar-refractivity contribution in [1.82, 2.24) is 0 Å². The van der Waals surface area contributed by atoms with Crippen LogP contribution in [0.4, 0.5) is 5.69 Å². The van der Waals surface area contributed by atoms with Crippen LogP contribution in [0.1, 0.15) is 13.3 Å². The van der Waals surface area contributed by atoms with Gasteiger partial charge in [0.2, 0.25) is 5.91 Å². The Labute approximate surface area is 110 Å². The first-order chi connectivity index (χ1) is 8.45. The molecule has 1 amide bonds. The predicted molar refractivity (Wildman–Crippen MR) is 69.7 cm³/mol. The van der Waals surface area contributed by atoms with Crippen LogP contribution in [0.15, 0.2) is 24.3 Å². The number of amides is 1. The molecule has 0 saturated heterocycles. The molecule has 1 aromatic rings. The summed E-state index contributed by atoms with van der Waals surface area (Å²) in [6, 6.07) is 5.73. The van der Waals surface area contributed by atoms with Crippen LogP contribution in [0, 0.1) is 0 Å². The topological polar surface area (TPSA) is 83.6 Å². The van der Waals surface area contributed by atoms with E-state index in [2.05, 4.69) is 0 Å². The molecule has 0 heterocycles. The summed E-state index contributed by atoms with van der Waals surface area (Å²) in [5.41, 5.74) is 6.08. The fourth-order valence-electron chi connectivity index (χ4n) is 1.45. The number of carboxylic acids is 1. The largest absolute Gasteiger partial charge is 0.480 e. The average molecular weight is 271 g/mol. The van der Waals surface area contributed by atoms with Crippen LogP contribution in [0.3, 0.4) is 0 Å². The highest BCUT2D eigenvalue weighted by molar-refractivity contribution is 6.31. The Morgan fingerprint density at radius 2 is 2.17 bits per heavy atom. The van der Waals surface area contributed by atoms with Crippen LogP contribution >= 0.6 is 11.6 Å². The Balaban J connectivity index is 3.05. The summed E-state index contributed by atoms with van der Waals surface area (Å²) in [5.74, 6) is -1.53. The Kier molecular flexibility index (Phi) is 5.12. The maximum Gasteiger partial charge on any atom is 0.323 e. The summed E-state index contributed by atoms with van der Waals surface area (Å²) in [5, 5.41) is 9.28. The fourth-order valence-corrected chi connectivity index (χ4v) is 1.64. The molecule has 0 aromatic heterocycles. The number of aliphatic carboxylic acids is 1. The van der Waals surface area contributed by atoms with E-state index in [1.165, 1.54) is 6.07 Å². The molecule has 0 spiro atoms. The molecule has 0 radical (unpaired) electrons. The maximum atomic E-state index is 12.0. The third-order valence-electron chi connectivity index (χ3n) is 2.44. The van der Waals surface area contributed by atoms with Crippen LogP contribution in [0.25, 0.3) is 0 Å². The van der Waals surface area contributed by atoms with E-state index in [-0.39, 0.29) is 0 Å². The summed E-state index contributed by atoms with van der Waals surface area (Å²) in [6.07, 6.45) is 0.440. The first-order valence-electron chi connectivity index (χ1n) is 5.50. The van der Waals surface area contributed by atoms with Crippen LogP contribution in [0.2, 0.25) is 5.02 Å². The van der Waals surface area contributed by atoms with Gasteiger partial charge in [0.05, 0.1) is 6.04 Å². The van der Waals surface area contributed by atoms with Gasteiger partial charge in [0.25, 0.3) is 0 Å². The van der Waals surface area contributed by atoms with Gasteiger partial charge < -0.3 is 10.8 Å². The molecule has 0 saturated carbocycles. The van der Waals surface area contributed by atoms with Gasteiger partial charge in [0, 0.05) is 10.7 Å². The van der Waals surface area contributed by atoms with E-state index in [4.69, 9.17) is 22.4 Å². The molecule has 1 aromatic carbocycles. The zero-order chi connectivity index (χ0) is 13.7. The molecular weight excluding hydrogens is 256 g/mol. The van der Waals surface area contributed by atoms with E-state index in [1.54, 1.807) is 25.1 Å². The Hall–Kier alpha value is -1.59. The normalized spacial score (nSPS) is 11.9. The molecule has 98 valence electrons. The number of benzene rings is 1. The lowest BCUT2D eigenvalue weighted by atomic mass is 10.2. The minimum atomic E-state index is -1.10. The van der Waals surface area contributed by atoms with Gasteiger partial charge in [-0.15, -0.1) is 0 Å². The van der Waals surface area contributed by atoms with E-state index in [1.807, 2.05) is 0 Å². The molecule has 0 aliphatic carbocycles. The van der Waals surface area contributed by atoms with Crippen LogP contribution < -0.4 is 10.6 Å². The Morgan fingerprint density at radius 3 is 2.67 bits per heavy atom. The second-order valence-corrected chi connectivity index (χ2v) is 4.25. The van der Waals surface area contributed by atoms with Crippen molar-refractivity contribution in [1.29, 1.82) is 0 Å². The van der Waals surface area contributed by atoms with Crippen molar-refractivity contribution in [3.05, 3.63) is 29.3 Å². The quantitative estimate of drug-likeness (QED) is 0.849. The van der Waals surface area contributed by atoms with Gasteiger partial charge in [0.15, 0.2) is 0 Å². The third kappa shape index (κ3) is 3.72. The lowest BCUT2D eigenvalue weighted by Crippen LogP contribution is -2.45. The Bertz CT molecular complexity index is 451. The minimum absolute atomic E-state index is 0.429. The number of carboxylic acid groups (broad SMARTS) is 1. The van der Waals surface area contributed by atoms with Crippen molar-refractivity contribution in [3.63, 3.8) is 0 Å². The molecule has 0 bridgehead atoms. The van der Waals surface area contributed by atoms with Crippen molar-refractivity contribution in [2.75, 3.05) is 11.4 Å². The molecular formula is C12H15ClN2O3. The number of hydrogen-bond donors (Lipinski definition) is 2. The molecule has 3 N–H and O–H groups in total. The maximum absolute atomic E-state index is 12.0. The van der Waals surface area contributed by atoms with Crippen molar-refractivity contribution >= 4 is 29.2 Å². The highest BCUT2D eigenvalue weighted by atomic mass is 35.5. The molecule has 0 aliphatic heterocycles. The van der Waals surface area contributed by atoms with E-state index >= 15 is 0 Å². The summed E-state index contributed by atoms with van der Waals surface area (Å²) in [7, 11) is 0. The second kappa shape index (κ2) is 6.37. The number of rotatable bonds is 5. The van der Waals surface area contributed by atoms with Gasteiger partial charge in [-0.05, 0) is 24.6 Å². The van der Waals surface area contributed by atoms with Crippen molar-refractivity contribution in [2.24, 2.45) is 5.73 Å². The van der Waals surface area contributed by atoms with Gasteiger partial charge in [-0.1, -0.05) is 24.6 Å². The second-order valence-electron chi connectivity index (χ2n) is 3.81. The lowest BCUT2D eigenvalue weighted by Gasteiger charge is -2.23. The van der Waals surface area contributed by atoms with E-state index < -0.39 is 24.5 Å². The number of nitrogens with zero attached hydrogens (tertiary/aromatic N) is 1. The molecule has 18 heavy (non-hydrogen) atoms. The first kappa shape index (κ1) is 14.5. The summed E-state index contributed by atoms with van der Waals surface area (Å²) < 4.78 is 0. The van der Waals surface area contributed by atoms with Crippen molar-refractivity contribution in [3.8, 4) is 0 Å². The van der Waals surface area contributed by atoms with Crippen LogP contribution in [-0.4, -0.2) is 29.6 Å². The number of anilines is 1. The van der Waals surface area contributed by atoms with Crippen molar-refractivity contribution in [2.45, 2.75) is 19.4 Å². The monoisotopic (exact) mass is 270 g/mol. The number of nitrogens with two attached hydrogens (primary N) is 1. The van der Waals surface area contributed by atoms with E-state index in [9.17, 15) is 9.59 Å². The molecule has 5 nitrogen and oxygen atoms in total. The third-order valence-corrected chi connectivity index (χ3v) is 2.67. The summed E-state index contributed by atoms with van der Waals surface area (Å²) >= 11 is 5.83. The number of hydrogen-bond acceptors (Lipinski definition) is 3. The zero-order valence-corrected chi connectivity index (χ0v) is 10.7. The molecule has 0 fully saturated rings. The minimum Gasteiger partial charge on any atom is -0.480 e. The molecule has 1 rings (SSSR count). The standard InChI is InChI=1S/C12H15ClN2O3/c1-2-10(14)12(18)15(7-11(16)17)9-5-3-4-8(13)6-9/h3-6,10H,2,7,14H2,1H3,(H,16,17)/t10-/m1/s1. The van der Waals surface area contributed by atoms with E-state index in [0.717, 1.165) is 4.90 Å². The predicted octanol–water partition coefficient (Wildman–Crippen LogP) is 1.49. The molecule has 0 aliphatic rings. The van der Waals surface area contributed by atoms with Gasteiger partial charge in [-0.2, -0.15) is 0 Å². The summed E-state index contributed by atoms with van der Waals surface area (Å²) in [6.45, 7) is 1.33. The van der Waals surface area contributed by atoms with Gasteiger partial charge in [-0.25, -0.2) is 0 Å². The number of halogens is 1. The van der Waals surface area contributed by atoms with Crippen LogP contribution in [-0.2, 0) is 9.59 Å². The van der Waals surface area contributed by atoms with Gasteiger partial charge >= 0.3 is 5.97 Å². The van der Waals surface area contributed by atoms with Gasteiger partial charge in [-0.3, -0.25) is 14.5 Å². The highest BCUT2D eigenvalue weighted by Gasteiger charge is 2.23.